The number of anilines is 1. The fraction of sp³-hybridized carbons (Fsp3) is 0.400. The molecule has 0 aliphatic carbocycles. The lowest BCUT2D eigenvalue weighted by Gasteiger charge is -2.25. The van der Waals surface area contributed by atoms with Gasteiger partial charge in [-0.05, 0) is 25.0 Å². The van der Waals surface area contributed by atoms with Gasteiger partial charge >= 0.3 is 6.03 Å². The molecule has 0 aromatic carbocycles. The standard InChI is InChI=1S/C15H21N5O2/c1-3-15(22,4-2)10-17-14(21)19-12-9-18-20-13(12)11-7-5-6-8-16-11/h5-9,22H,3-4,10H2,1-2H3,(H,18,20)(H2,17,19,21). The van der Waals surface area contributed by atoms with Crippen LogP contribution in [0.1, 0.15) is 26.7 Å². The number of aromatic nitrogens is 3. The molecule has 118 valence electrons. The molecule has 2 aromatic rings. The molecule has 7 heteroatoms. The summed E-state index contributed by atoms with van der Waals surface area (Å²) in [6.07, 6.45) is 4.35. The van der Waals surface area contributed by atoms with E-state index in [0.29, 0.717) is 29.9 Å². The van der Waals surface area contributed by atoms with Crippen LogP contribution in [0.15, 0.2) is 30.6 Å². The average Bonchev–Trinajstić information content (AvgIpc) is 3.01. The van der Waals surface area contributed by atoms with E-state index in [4.69, 9.17) is 0 Å². The van der Waals surface area contributed by atoms with E-state index in [9.17, 15) is 9.90 Å². The van der Waals surface area contributed by atoms with Gasteiger partial charge in [-0.1, -0.05) is 19.9 Å². The molecule has 22 heavy (non-hydrogen) atoms. The normalized spacial score (nSPS) is 11.2. The van der Waals surface area contributed by atoms with Crippen molar-refractivity contribution in [3.8, 4) is 11.4 Å². The van der Waals surface area contributed by atoms with Crippen LogP contribution in [0.2, 0.25) is 0 Å². The number of nitrogens with one attached hydrogen (secondary N) is 3. The van der Waals surface area contributed by atoms with Crippen molar-refractivity contribution in [2.75, 3.05) is 11.9 Å². The highest BCUT2D eigenvalue weighted by atomic mass is 16.3. The maximum atomic E-state index is 12.0. The van der Waals surface area contributed by atoms with Crippen LogP contribution in [0.5, 0.6) is 0 Å². The Hall–Kier alpha value is -2.41. The van der Waals surface area contributed by atoms with E-state index >= 15 is 0 Å². The molecule has 0 saturated heterocycles. The van der Waals surface area contributed by atoms with Gasteiger partial charge in [0, 0.05) is 12.7 Å². The van der Waals surface area contributed by atoms with Gasteiger partial charge in [0.25, 0.3) is 0 Å². The number of aliphatic hydroxyl groups is 1. The van der Waals surface area contributed by atoms with Crippen LogP contribution in [-0.4, -0.2) is 38.5 Å². The average molecular weight is 303 g/mol. The number of pyridine rings is 1. The molecule has 2 rings (SSSR count). The van der Waals surface area contributed by atoms with E-state index in [2.05, 4.69) is 25.8 Å². The number of urea groups is 1. The van der Waals surface area contributed by atoms with Gasteiger partial charge in [0.2, 0.25) is 0 Å². The fourth-order valence-corrected chi connectivity index (χ4v) is 2.00. The highest BCUT2D eigenvalue weighted by Crippen LogP contribution is 2.22. The second-order valence-electron chi connectivity index (χ2n) is 5.11. The highest BCUT2D eigenvalue weighted by Gasteiger charge is 2.23. The number of carbonyl (C=O) groups excluding carboxylic acids is 1. The Morgan fingerprint density at radius 3 is 2.77 bits per heavy atom. The molecular weight excluding hydrogens is 282 g/mol. The Morgan fingerprint density at radius 1 is 1.36 bits per heavy atom. The number of rotatable bonds is 6. The molecule has 2 heterocycles. The molecule has 0 spiro atoms. The van der Waals surface area contributed by atoms with Crippen molar-refractivity contribution in [2.24, 2.45) is 0 Å². The van der Waals surface area contributed by atoms with Crippen LogP contribution >= 0.6 is 0 Å². The Labute approximate surface area is 129 Å². The number of hydrogen-bond donors (Lipinski definition) is 4. The third-order valence-electron chi connectivity index (χ3n) is 3.70. The maximum absolute atomic E-state index is 12.0. The zero-order valence-corrected chi connectivity index (χ0v) is 12.8. The molecule has 7 nitrogen and oxygen atoms in total. The van der Waals surface area contributed by atoms with E-state index in [1.807, 2.05) is 32.0 Å². The summed E-state index contributed by atoms with van der Waals surface area (Å²) in [5.74, 6) is 0. The third-order valence-corrected chi connectivity index (χ3v) is 3.70. The van der Waals surface area contributed by atoms with Crippen LogP contribution in [0, 0.1) is 0 Å². The number of hydrogen-bond acceptors (Lipinski definition) is 4. The van der Waals surface area contributed by atoms with Gasteiger partial charge in [-0.3, -0.25) is 10.1 Å². The van der Waals surface area contributed by atoms with Crippen molar-refractivity contribution in [3.05, 3.63) is 30.6 Å². The Kier molecular flexibility index (Phi) is 5.11. The number of H-pyrrole nitrogens is 1. The summed E-state index contributed by atoms with van der Waals surface area (Å²) in [4.78, 5) is 16.2. The SMILES string of the molecule is CCC(O)(CC)CNC(=O)Nc1cn[nH]c1-c1ccccn1. The first-order valence-electron chi connectivity index (χ1n) is 7.30. The molecule has 2 aromatic heterocycles. The van der Waals surface area contributed by atoms with Gasteiger partial charge in [0.15, 0.2) is 0 Å². The van der Waals surface area contributed by atoms with Crippen LogP contribution < -0.4 is 10.6 Å². The van der Waals surface area contributed by atoms with Crippen molar-refractivity contribution in [2.45, 2.75) is 32.3 Å². The van der Waals surface area contributed by atoms with Gasteiger partial charge in [0.05, 0.1) is 23.2 Å². The zero-order chi connectivity index (χ0) is 16.0. The van der Waals surface area contributed by atoms with Gasteiger partial charge in [0.1, 0.15) is 5.69 Å². The summed E-state index contributed by atoms with van der Waals surface area (Å²) in [5.41, 5.74) is 0.982. The summed E-state index contributed by atoms with van der Waals surface area (Å²) >= 11 is 0. The maximum Gasteiger partial charge on any atom is 0.319 e. The summed E-state index contributed by atoms with van der Waals surface area (Å²) in [5, 5.41) is 22.3. The van der Waals surface area contributed by atoms with E-state index in [0.717, 1.165) is 0 Å². The van der Waals surface area contributed by atoms with Gasteiger partial charge in [-0.2, -0.15) is 5.10 Å². The number of nitrogens with zero attached hydrogens (tertiary/aromatic N) is 2. The summed E-state index contributed by atoms with van der Waals surface area (Å²) in [6.45, 7) is 3.97. The second-order valence-corrected chi connectivity index (χ2v) is 5.11. The molecule has 0 radical (unpaired) electrons. The summed E-state index contributed by atoms with van der Waals surface area (Å²) in [7, 11) is 0. The predicted octanol–water partition coefficient (Wildman–Crippen LogP) is 2.14. The van der Waals surface area contributed by atoms with Crippen LogP contribution in [0.25, 0.3) is 11.4 Å². The van der Waals surface area contributed by atoms with Crippen LogP contribution in [0.4, 0.5) is 10.5 Å². The van der Waals surface area contributed by atoms with Gasteiger partial charge in [-0.25, -0.2) is 4.79 Å². The molecule has 0 atom stereocenters. The van der Waals surface area contributed by atoms with E-state index < -0.39 is 5.60 Å². The molecular formula is C15H21N5O2. The molecule has 0 unspecified atom stereocenters. The quantitative estimate of drug-likeness (QED) is 0.656. The van der Waals surface area contributed by atoms with Crippen LogP contribution in [0.3, 0.4) is 0 Å². The molecule has 0 bridgehead atoms. The van der Waals surface area contributed by atoms with Crippen molar-refractivity contribution >= 4 is 11.7 Å². The third kappa shape index (κ3) is 3.82. The number of carbonyl (C=O) groups is 1. The van der Waals surface area contributed by atoms with E-state index in [-0.39, 0.29) is 12.6 Å². The molecule has 2 amide bonds. The zero-order valence-electron chi connectivity index (χ0n) is 12.8. The number of amides is 2. The lowest BCUT2D eigenvalue weighted by atomic mass is 9.98. The first-order valence-corrected chi connectivity index (χ1v) is 7.30. The molecule has 0 fully saturated rings. The minimum absolute atomic E-state index is 0.197. The van der Waals surface area contributed by atoms with Crippen molar-refractivity contribution in [1.29, 1.82) is 0 Å². The second kappa shape index (κ2) is 7.04. The fourth-order valence-electron chi connectivity index (χ4n) is 2.00. The molecule has 0 aliphatic heterocycles. The van der Waals surface area contributed by atoms with Crippen molar-refractivity contribution in [3.63, 3.8) is 0 Å². The lowest BCUT2D eigenvalue weighted by Crippen LogP contribution is -2.43. The summed E-state index contributed by atoms with van der Waals surface area (Å²) in [6, 6.07) is 5.11. The van der Waals surface area contributed by atoms with E-state index in [1.54, 1.807) is 6.20 Å². The van der Waals surface area contributed by atoms with Crippen molar-refractivity contribution < 1.29 is 9.90 Å². The Bertz CT molecular complexity index is 607. The topological polar surface area (TPSA) is 103 Å². The minimum atomic E-state index is -0.877. The predicted molar refractivity (Wildman–Crippen MR) is 84.4 cm³/mol. The lowest BCUT2D eigenvalue weighted by molar-refractivity contribution is 0.0354. The largest absolute Gasteiger partial charge is 0.388 e. The van der Waals surface area contributed by atoms with Gasteiger partial charge in [-0.15, -0.1) is 0 Å². The first kappa shape index (κ1) is 16.0. The molecule has 0 saturated carbocycles. The smallest absolute Gasteiger partial charge is 0.319 e. The highest BCUT2D eigenvalue weighted by molar-refractivity contribution is 5.92. The van der Waals surface area contributed by atoms with Gasteiger partial charge < -0.3 is 15.7 Å². The minimum Gasteiger partial charge on any atom is -0.388 e. The first-order chi connectivity index (χ1) is 10.6. The summed E-state index contributed by atoms with van der Waals surface area (Å²) < 4.78 is 0. The van der Waals surface area contributed by atoms with Crippen molar-refractivity contribution in [1.82, 2.24) is 20.5 Å². The van der Waals surface area contributed by atoms with E-state index in [1.165, 1.54) is 6.20 Å². The van der Waals surface area contributed by atoms with Crippen LogP contribution in [-0.2, 0) is 0 Å². The Morgan fingerprint density at radius 2 is 2.14 bits per heavy atom. The molecule has 0 aliphatic rings. The molecule has 4 N–H and O–H groups in total. The Balaban J connectivity index is 2.00. The number of aromatic amines is 1. The monoisotopic (exact) mass is 303 g/mol.